The van der Waals surface area contributed by atoms with E-state index in [-0.39, 0.29) is 30.3 Å². The van der Waals surface area contributed by atoms with Gasteiger partial charge in [0, 0.05) is 45.0 Å². The number of carbonyl (C=O) groups excluding carboxylic acids is 2. The molecule has 0 saturated carbocycles. The maximum absolute atomic E-state index is 13.2. The highest BCUT2D eigenvalue weighted by Gasteiger charge is 2.40. The van der Waals surface area contributed by atoms with Crippen LogP contribution in [0.5, 0.6) is 5.75 Å². The number of nitrogens with one attached hydrogen (secondary N) is 1. The highest BCUT2D eigenvalue weighted by molar-refractivity contribution is 7.89. The molecule has 4 rings (SSSR count). The van der Waals surface area contributed by atoms with Crippen LogP contribution < -0.4 is 15.0 Å². The second-order valence-electron chi connectivity index (χ2n) is 8.01. The molecule has 0 bridgehead atoms. The molecule has 2 heterocycles. The van der Waals surface area contributed by atoms with Crippen LogP contribution in [0.4, 0.5) is 5.69 Å². The lowest BCUT2D eigenvalue weighted by Crippen LogP contribution is -2.59. The third-order valence-electron chi connectivity index (χ3n) is 6.07. The lowest BCUT2D eigenvalue weighted by Gasteiger charge is -2.38. The maximum atomic E-state index is 13.2. The minimum Gasteiger partial charge on any atom is -0.497 e. The first kappa shape index (κ1) is 23.1. The summed E-state index contributed by atoms with van der Waals surface area (Å²) in [6.45, 7) is 2.67. The Hall–Kier alpha value is -3.11. The van der Waals surface area contributed by atoms with Gasteiger partial charge in [0.2, 0.25) is 21.8 Å². The summed E-state index contributed by atoms with van der Waals surface area (Å²) in [6, 6.07) is 14.7. The van der Waals surface area contributed by atoms with Gasteiger partial charge in [-0.05, 0) is 36.4 Å². The Balaban J connectivity index is 1.41. The van der Waals surface area contributed by atoms with E-state index >= 15 is 0 Å². The molecule has 9 nitrogen and oxygen atoms in total. The van der Waals surface area contributed by atoms with Gasteiger partial charge >= 0.3 is 0 Å². The zero-order valence-electron chi connectivity index (χ0n) is 18.5. The fourth-order valence-electron chi connectivity index (χ4n) is 4.21. The number of rotatable bonds is 6. The van der Waals surface area contributed by atoms with Crippen molar-refractivity contribution in [3.8, 4) is 5.75 Å². The number of sulfonamides is 1. The van der Waals surface area contributed by atoms with E-state index < -0.39 is 22.0 Å². The van der Waals surface area contributed by atoms with Crippen LogP contribution in [0.2, 0.25) is 0 Å². The molecule has 0 spiro atoms. The second kappa shape index (κ2) is 9.80. The Morgan fingerprint density at radius 1 is 1.00 bits per heavy atom. The molecule has 1 N–H and O–H groups in total. The summed E-state index contributed by atoms with van der Waals surface area (Å²) in [6.07, 6.45) is -0.180. The Morgan fingerprint density at radius 2 is 1.67 bits per heavy atom. The molecule has 2 fully saturated rings. The standard InChI is InChI=1S/C23H28N4O5S/c1-32-19-9-7-18(8-10-19)25-13-15-26(16-14-25)22(28)17-21-23(29)24-11-12-27(21)33(30,31)20-5-3-2-4-6-20/h2-10,21H,11-17H2,1H3,(H,24,29). The first-order valence-corrected chi connectivity index (χ1v) is 12.4. The molecule has 1 atom stereocenters. The number of amides is 2. The molecule has 10 heteroatoms. The number of carbonyl (C=O) groups is 2. The number of methoxy groups -OCH3 is 1. The lowest BCUT2D eigenvalue weighted by molar-refractivity contribution is -0.137. The molecule has 0 radical (unpaired) electrons. The van der Waals surface area contributed by atoms with Gasteiger partial charge in [-0.15, -0.1) is 0 Å². The largest absolute Gasteiger partial charge is 0.497 e. The molecule has 1 unspecified atom stereocenters. The smallest absolute Gasteiger partial charge is 0.243 e. The van der Waals surface area contributed by atoms with Gasteiger partial charge in [0.05, 0.1) is 18.4 Å². The normalized spacial score (nSPS) is 19.8. The van der Waals surface area contributed by atoms with Crippen molar-refractivity contribution in [1.29, 1.82) is 0 Å². The van der Waals surface area contributed by atoms with Crippen molar-refractivity contribution in [1.82, 2.24) is 14.5 Å². The summed E-state index contributed by atoms with van der Waals surface area (Å²) in [5.74, 6) is 0.124. The van der Waals surface area contributed by atoms with Gasteiger partial charge in [0.1, 0.15) is 11.8 Å². The molecule has 2 saturated heterocycles. The highest BCUT2D eigenvalue weighted by atomic mass is 32.2. The Morgan fingerprint density at radius 3 is 2.30 bits per heavy atom. The molecule has 2 amide bonds. The van der Waals surface area contributed by atoms with Crippen molar-refractivity contribution >= 4 is 27.5 Å². The summed E-state index contributed by atoms with van der Waals surface area (Å²) in [5.41, 5.74) is 1.05. The highest BCUT2D eigenvalue weighted by Crippen LogP contribution is 2.23. The Bertz CT molecular complexity index is 1080. The number of piperazine rings is 2. The monoisotopic (exact) mass is 472 g/mol. The topological polar surface area (TPSA) is 99.3 Å². The minimum atomic E-state index is -3.89. The summed E-state index contributed by atoms with van der Waals surface area (Å²) in [4.78, 5) is 29.6. The predicted molar refractivity (Wildman–Crippen MR) is 124 cm³/mol. The summed E-state index contributed by atoms with van der Waals surface area (Å²) in [5, 5.41) is 2.70. The third kappa shape index (κ3) is 4.96. The Kier molecular flexibility index (Phi) is 6.85. The molecule has 2 aliphatic rings. The van der Waals surface area contributed by atoms with E-state index in [1.807, 2.05) is 24.3 Å². The number of ether oxygens (including phenoxy) is 1. The molecule has 2 aromatic rings. The number of hydrogen-bond acceptors (Lipinski definition) is 6. The van der Waals surface area contributed by atoms with E-state index in [1.54, 1.807) is 30.2 Å². The zero-order chi connectivity index (χ0) is 23.4. The van der Waals surface area contributed by atoms with Crippen LogP contribution in [0.15, 0.2) is 59.5 Å². The number of benzene rings is 2. The van der Waals surface area contributed by atoms with E-state index in [0.717, 1.165) is 15.7 Å². The quantitative estimate of drug-likeness (QED) is 0.672. The van der Waals surface area contributed by atoms with Crippen molar-refractivity contribution in [2.24, 2.45) is 0 Å². The van der Waals surface area contributed by atoms with Gasteiger partial charge in [-0.3, -0.25) is 9.59 Å². The summed E-state index contributed by atoms with van der Waals surface area (Å²) < 4.78 is 32.7. The molecule has 0 aromatic heterocycles. The summed E-state index contributed by atoms with van der Waals surface area (Å²) in [7, 11) is -2.26. The molecule has 2 aliphatic heterocycles. The van der Waals surface area contributed by atoms with Crippen LogP contribution >= 0.6 is 0 Å². The van der Waals surface area contributed by atoms with Crippen LogP contribution in [0.1, 0.15) is 6.42 Å². The van der Waals surface area contributed by atoms with Crippen molar-refractivity contribution < 1.29 is 22.7 Å². The average molecular weight is 473 g/mol. The number of nitrogens with zero attached hydrogens (tertiary/aromatic N) is 3. The Labute approximate surface area is 194 Å². The van der Waals surface area contributed by atoms with Gasteiger partial charge in [-0.25, -0.2) is 8.42 Å². The van der Waals surface area contributed by atoms with Gasteiger partial charge < -0.3 is 19.9 Å². The van der Waals surface area contributed by atoms with Crippen LogP contribution in [-0.4, -0.2) is 81.9 Å². The molecule has 0 aliphatic carbocycles. The van der Waals surface area contributed by atoms with E-state index in [2.05, 4.69) is 10.2 Å². The summed E-state index contributed by atoms with van der Waals surface area (Å²) >= 11 is 0. The van der Waals surface area contributed by atoms with Gasteiger partial charge in [-0.1, -0.05) is 18.2 Å². The third-order valence-corrected chi connectivity index (χ3v) is 7.99. The van der Waals surface area contributed by atoms with Crippen molar-refractivity contribution in [3.05, 3.63) is 54.6 Å². The van der Waals surface area contributed by atoms with Gasteiger partial charge in [0.25, 0.3) is 0 Å². The minimum absolute atomic E-state index is 0.116. The molecule has 33 heavy (non-hydrogen) atoms. The average Bonchev–Trinajstić information content (AvgIpc) is 2.86. The van der Waals surface area contributed by atoms with Crippen molar-refractivity contribution in [2.45, 2.75) is 17.4 Å². The van der Waals surface area contributed by atoms with Crippen LogP contribution in [0.3, 0.4) is 0 Å². The number of hydrogen-bond donors (Lipinski definition) is 1. The second-order valence-corrected chi connectivity index (χ2v) is 9.90. The first-order chi connectivity index (χ1) is 15.9. The first-order valence-electron chi connectivity index (χ1n) is 10.9. The molecular weight excluding hydrogens is 444 g/mol. The van der Waals surface area contributed by atoms with Crippen LogP contribution in [0, 0.1) is 0 Å². The SMILES string of the molecule is COc1ccc(N2CCN(C(=O)CC3C(=O)NCCN3S(=O)(=O)c3ccccc3)CC2)cc1. The molecule has 2 aromatic carbocycles. The van der Waals surface area contributed by atoms with E-state index in [1.165, 1.54) is 12.1 Å². The van der Waals surface area contributed by atoms with Crippen molar-refractivity contribution in [2.75, 3.05) is 51.3 Å². The fourth-order valence-corrected chi connectivity index (χ4v) is 5.81. The van der Waals surface area contributed by atoms with Crippen LogP contribution in [0.25, 0.3) is 0 Å². The lowest BCUT2D eigenvalue weighted by atomic mass is 10.1. The van der Waals surface area contributed by atoms with E-state index in [9.17, 15) is 18.0 Å². The van der Waals surface area contributed by atoms with Crippen molar-refractivity contribution in [3.63, 3.8) is 0 Å². The van der Waals surface area contributed by atoms with E-state index in [4.69, 9.17) is 4.74 Å². The van der Waals surface area contributed by atoms with Gasteiger partial charge in [-0.2, -0.15) is 4.31 Å². The predicted octanol–water partition coefficient (Wildman–Crippen LogP) is 0.923. The zero-order valence-corrected chi connectivity index (χ0v) is 19.3. The number of anilines is 1. The molecular formula is C23H28N4O5S. The fraction of sp³-hybridized carbons (Fsp3) is 0.391. The maximum Gasteiger partial charge on any atom is 0.243 e. The molecule has 176 valence electrons. The van der Waals surface area contributed by atoms with Crippen LogP contribution in [-0.2, 0) is 19.6 Å². The van der Waals surface area contributed by atoms with E-state index in [0.29, 0.717) is 26.2 Å². The van der Waals surface area contributed by atoms with Gasteiger partial charge in [0.15, 0.2) is 0 Å².